The Labute approximate surface area is 126 Å². The third kappa shape index (κ3) is 3.01. The van der Waals surface area contributed by atoms with E-state index in [2.05, 4.69) is 22.0 Å². The van der Waals surface area contributed by atoms with Crippen molar-refractivity contribution in [2.24, 2.45) is 0 Å². The lowest BCUT2D eigenvalue weighted by atomic mass is 9.97. The maximum atomic E-state index is 13.4. The second-order valence-electron chi connectivity index (χ2n) is 4.82. The first-order valence-corrected chi connectivity index (χ1v) is 7.36. The van der Waals surface area contributed by atoms with Gasteiger partial charge in [-0.1, -0.05) is 39.7 Å². The van der Waals surface area contributed by atoms with Crippen LogP contribution in [0, 0.1) is 26.6 Å². The Kier molecular flexibility index (Phi) is 4.32. The Bertz CT molecular complexity index is 622. The maximum absolute atomic E-state index is 13.4. The van der Waals surface area contributed by atoms with E-state index in [1.165, 1.54) is 11.6 Å². The van der Waals surface area contributed by atoms with Gasteiger partial charge in [0.1, 0.15) is 5.82 Å². The zero-order chi connectivity index (χ0) is 14.2. The molecule has 0 aliphatic rings. The van der Waals surface area contributed by atoms with Gasteiger partial charge < -0.3 is 0 Å². The van der Waals surface area contributed by atoms with Gasteiger partial charge in [0.15, 0.2) is 0 Å². The van der Waals surface area contributed by atoms with E-state index in [0.717, 1.165) is 22.3 Å². The number of hydrogen-bond acceptors (Lipinski definition) is 0. The molecule has 2 aromatic carbocycles. The number of rotatable bonds is 2. The molecule has 0 aromatic heterocycles. The molecule has 0 spiro atoms. The summed E-state index contributed by atoms with van der Waals surface area (Å²) < 4.78 is 13.4. The van der Waals surface area contributed by atoms with Crippen LogP contribution in [0.25, 0.3) is 0 Å². The molecule has 0 aliphatic heterocycles. The summed E-state index contributed by atoms with van der Waals surface area (Å²) in [5, 5.41) is 0.702. The van der Waals surface area contributed by atoms with E-state index in [1.54, 1.807) is 12.1 Å². The molecule has 2 aromatic rings. The normalized spacial score (nSPS) is 12.5. The van der Waals surface area contributed by atoms with Crippen molar-refractivity contribution in [3.05, 3.63) is 69.0 Å². The van der Waals surface area contributed by atoms with Gasteiger partial charge in [-0.15, -0.1) is 0 Å². The van der Waals surface area contributed by atoms with E-state index in [9.17, 15) is 4.39 Å². The van der Waals surface area contributed by atoms with Crippen LogP contribution in [0.15, 0.2) is 30.3 Å². The van der Waals surface area contributed by atoms with Crippen LogP contribution in [-0.4, -0.2) is 0 Å². The summed E-state index contributed by atoms with van der Waals surface area (Å²) in [6, 6.07) is 8.82. The fraction of sp³-hybridized carbons (Fsp3) is 0.250. The fourth-order valence-electron chi connectivity index (χ4n) is 2.05. The molecule has 19 heavy (non-hydrogen) atoms. The molecule has 0 saturated carbocycles. The van der Waals surface area contributed by atoms with Crippen molar-refractivity contribution in [3.63, 3.8) is 0 Å². The minimum atomic E-state index is -0.231. The average Bonchev–Trinajstić information content (AvgIpc) is 2.36. The van der Waals surface area contributed by atoms with Gasteiger partial charge >= 0.3 is 0 Å². The highest BCUT2D eigenvalue weighted by Crippen LogP contribution is 2.38. The summed E-state index contributed by atoms with van der Waals surface area (Å²) in [5.41, 5.74) is 5.25. The molecule has 2 rings (SSSR count). The van der Waals surface area contributed by atoms with Gasteiger partial charge in [0.25, 0.3) is 0 Å². The van der Waals surface area contributed by atoms with Crippen LogP contribution in [0.3, 0.4) is 0 Å². The third-order valence-corrected chi connectivity index (χ3v) is 4.71. The van der Waals surface area contributed by atoms with Gasteiger partial charge in [-0.25, -0.2) is 4.39 Å². The smallest absolute Gasteiger partial charge is 0.123 e. The van der Waals surface area contributed by atoms with Crippen molar-refractivity contribution in [1.82, 2.24) is 0 Å². The lowest BCUT2D eigenvalue weighted by molar-refractivity contribution is 0.625. The molecular weight excluding hydrogens is 327 g/mol. The van der Waals surface area contributed by atoms with Crippen LogP contribution in [0.5, 0.6) is 0 Å². The summed E-state index contributed by atoms with van der Waals surface area (Å²) in [6.07, 6.45) is 0. The first kappa shape index (κ1) is 14.5. The third-order valence-electron chi connectivity index (χ3n) is 3.40. The average molecular weight is 342 g/mol. The van der Waals surface area contributed by atoms with Crippen LogP contribution < -0.4 is 0 Å². The molecule has 0 fully saturated rings. The predicted octanol–water partition coefficient (Wildman–Crippen LogP) is 5.89. The van der Waals surface area contributed by atoms with E-state index in [1.807, 2.05) is 26.8 Å². The Morgan fingerprint density at radius 3 is 2.26 bits per heavy atom. The maximum Gasteiger partial charge on any atom is 0.123 e. The summed E-state index contributed by atoms with van der Waals surface area (Å²) in [4.78, 5) is -0.102. The number of alkyl halides is 1. The number of aryl methyl sites for hydroxylation is 3. The second kappa shape index (κ2) is 5.64. The molecule has 0 bridgehead atoms. The van der Waals surface area contributed by atoms with Crippen molar-refractivity contribution in [1.29, 1.82) is 0 Å². The van der Waals surface area contributed by atoms with Crippen LogP contribution in [0.4, 0.5) is 4.39 Å². The highest BCUT2D eigenvalue weighted by atomic mass is 79.9. The standard InChI is InChI=1S/C16H15BrClF/c1-9-4-5-12(19)8-13(9)16(17)14-6-10(2)11(3)7-15(14)18/h4-8,16H,1-3H3. The molecule has 100 valence electrons. The van der Waals surface area contributed by atoms with Gasteiger partial charge in [0.2, 0.25) is 0 Å². The van der Waals surface area contributed by atoms with Gasteiger partial charge in [-0.05, 0) is 66.8 Å². The summed E-state index contributed by atoms with van der Waals surface area (Å²) in [6.45, 7) is 6.05. The van der Waals surface area contributed by atoms with Crippen molar-refractivity contribution >= 4 is 27.5 Å². The molecule has 0 saturated heterocycles. The first-order valence-electron chi connectivity index (χ1n) is 6.07. The van der Waals surface area contributed by atoms with Crippen molar-refractivity contribution in [2.75, 3.05) is 0 Å². The summed E-state index contributed by atoms with van der Waals surface area (Å²) in [7, 11) is 0. The Morgan fingerprint density at radius 2 is 1.58 bits per heavy atom. The topological polar surface area (TPSA) is 0 Å². The SMILES string of the molecule is Cc1cc(Cl)c(C(Br)c2cc(F)ccc2C)cc1C. The lowest BCUT2D eigenvalue weighted by Gasteiger charge is -2.17. The number of benzene rings is 2. The highest BCUT2D eigenvalue weighted by molar-refractivity contribution is 9.09. The highest BCUT2D eigenvalue weighted by Gasteiger charge is 2.17. The fourth-order valence-corrected chi connectivity index (χ4v) is 3.38. The molecule has 0 heterocycles. The minimum Gasteiger partial charge on any atom is -0.207 e. The van der Waals surface area contributed by atoms with Crippen molar-refractivity contribution in [2.45, 2.75) is 25.6 Å². The molecule has 1 unspecified atom stereocenters. The van der Waals surface area contributed by atoms with E-state index in [0.29, 0.717) is 5.02 Å². The van der Waals surface area contributed by atoms with E-state index in [4.69, 9.17) is 11.6 Å². The molecular formula is C16H15BrClF. The van der Waals surface area contributed by atoms with E-state index in [-0.39, 0.29) is 10.6 Å². The predicted molar refractivity (Wildman–Crippen MR) is 82.8 cm³/mol. The van der Waals surface area contributed by atoms with Crippen LogP contribution >= 0.6 is 27.5 Å². The summed E-state index contributed by atoms with van der Waals surface area (Å²) >= 11 is 9.95. The molecule has 1 atom stereocenters. The van der Waals surface area contributed by atoms with Gasteiger partial charge in [-0.3, -0.25) is 0 Å². The first-order chi connectivity index (χ1) is 8.90. The van der Waals surface area contributed by atoms with Gasteiger partial charge in [-0.2, -0.15) is 0 Å². The Balaban J connectivity index is 2.52. The zero-order valence-electron chi connectivity index (χ0n) is 11.1. The van der Waals surface area contributed by atoms with E-state index >= 15 is 0 Å². The van der Waals surface area contributed by atoms with Gasteiger partial charge in [0.05, 0.1) is 4.83 Å². The number of hydrogen-bond donors (Lipinski definition) is 0. The largest absolute Gasteiger partial charge is 0.207 e. The molecule has 0 amide bonds. The summed E-state index contributed by atoms with van der Waals surface area (Å²) in [5.74, 6) is -0.231. The molecule has 0 nitrogen and oxygen atoms in total. The zero-order valence-corrected chi connectivity index (χ0v) is 13.4. The minimum absolute atomic E-state index is 0.102. The van der Waals surface area contributed by atoms with Crippen molar-refractivity contribution in [3.8, 4) is 0 Å². The lowest BCUT2D eigenvalue weighted by Crippen LogP contribution is -1.99. The molecule has 0 N–H and O–H groups in total. The molecule has 0 radical (unpaired) electrons. The van der Waals surface area contributed by atoms with Crippen LogP contribution in [0.1, 0.15) is 32.6 Å². The molecule has 3 heteroatoms. The second-order valence-corrected chi connectivity index (χ2v) is 6.14. The quantitative estimate of drug-likeness (QED) is 0.598. The Hall–Kier alpha value is -0.860. The van der Waals surface area contributed by atoms with E-state index < -0.39 is 0 Å². The number of halogens is 3. The Morgan fingerprint density at radius 1 is 0.947 bits per heavy atom. The van der Waals surface area contributed by atoms with Gasteiger partial charge in [0, 0.05) is 5.02 Å². The van der Waals surface area contributed by atoms with Crippen LogP contribution in [0.2, 0.25) is 5.02 Å². The van der Waals surface area contributed by atoms with Crippen LogP contribution in [-0.2, 0) is 0 Å². The molecule has 0 aliphatic carbocycles. The van der Waals surface area contributed by atoms with Crippen molar-refractivity contribution < 1.29 is 4.39 Å². The monoisotopic (exact) mass is 340 g/mol.